The SMILES string of the molecule is CC(C)=C1C(CCC(=O)O)C1(C)C. The number of carboxylic acid groups (broad SMARTS) is 1. The van der Waals surface area contributed by atoms with Crippen LogP contribution in [0.25, 0.3) is 0 Å². The molecule has 0 heterocycles. The van der Waals surface area contributed by atoms with Crippen molar-refractivity contribution in [2.24, 2.45) is 11.3 Å². The van der Waals surface area contributed by atoms with E-state index in [1.54, 1.807) is 0 Å². The largest absolute Gasteiger partial charge is 0.481 e. The van der Waals surface area contributed by atoms with Crippen LogP contribution in [0.5, 0.6) is 0 Å². The first-order chi connectivity index (χ1) is 5.87. The van der Waals surface area contributed by atoms with Crippen molar-refractivity contribution in [3.05, 3.63) is 11.1 Å². The van der Waals surface area contributed by atoms with Gasteiger partial charge in [0, 0.05) is 6.42 Å². The van der Waals surface area contributed by atoms with Crippen LogP contribution in [0.2, 0.25) is 0 Å². The summed E-state index contributed by atoms with van der Waals surface area (Å²) < 4.78 is 0. The Kier molecular flexibility index (Phi) is 2.51. The van der Waals surface area contributed by atoms with E-state index < -0.39 is 5.97 Å². The summed E-state index contributed by atoms with van der Waals surface area (Å²) in [6.07, 6.45) is 1.09. The summed E-state index contributed by atoms with van der Waals surface area (Å²) in [7, 11) is 0. The molecular formula is C11H18O2. The van der Waals surface area contributed by atoms with Crippen LogP contribution in [0.15, 0.2) is 11.1 Å². The molecule has 1 aliphatic carbocycles. The van der Waals surface area contributed by atoms with Gasteiger partial charge in [-0.15, -0.1) is 0 Å². The Morgan fingerprint density at radius 2 is 2.00 bits per heavy atom. The number of carbonyl (C=O) groups is 1. The Morgan fingerprint density at radius 3 is 2.31 bits per heavy atom. The van der Waals surface area contributed by atoms with Gasteiger partial charge in [-0.05, 0) is 31.6 Å². The maximum absolute atomic E-state index is 10.4. The van der Waals surface area contributed by atoms with Crippen LogP contribution in [-0.4, -0.2) is 11.1 Å². The second-order valence-corrected chi connectivity index (χ2v) is 4.62. The van der Waals surface area contributed by atoms with Crippen LogP contribution in [0.3, 0.4) is 0 Å². The van der Waals surface area contributed by atoms with Crippen LogP contribution in [0.1, 0.15) is 40.5 Å². The number of hydrogen-bond donors (Lipinski definition) is 1. The summed E-state index contributed by atoms with van der Waals surface area (Å²) in [5, 5.41) is 8.57. The highest BCUT2D eigenvalue weighted by atomic mass is 16.4. The molecule has 1 atom stereocenters. The lowest BCUT2D eigenvalue weighted by atomic mass is 10.1. The molecule has 1 N–H and O–H groups in total. The van der Waals surface area contributed by atoms with E-state index in [1.807, 2.05) is 0 Å². The lowest BCUT2D eigenvalue weighted by molar-refractivity contribution is -0.137. The Morgan fingerprint density at radius 1 is 1.46 bits per heavy atom. The average Bonchev–Trinajstić information content (AvgIpc) is 2.48. The van der Waals surface area contributed by atoms with Crippen molar-refractivity contribution in [1.82, 2.24) is 0 Å². The van der Waals surface area contributed by atoms with Crippen molar-refractivity contribution in [3.63, 3.8) is 0 Å². The molecule has 0 radical (unpaired) electrons. The standard InChI is InChI=1S/C11H18O2/c1-7(2)10-8(11(10,3)4)5-6-9(12)13/h8H,5-6H2,1-4H3,(H,12,13). The van der Waals surface area contributed by atoms with E-state index in [9.17, 15) is 4.79 Å². The van der Waals surface area contributed by atoms with Gasteiger partial charge in [-0.25, -0.2) is 0 Å². The molecule has 2 nitrogen and oxygen atoms in total. The molecule has 0 aromatic carbocycles. The van der Waals surface area contributed by atoms with Crippen molar-refractivity contribution in [2.45, 2.75) is 40.5 Å². The first-order valence-electron chi connectivity index (χ1n) is 4.77. The maximum Gasteiger partial charge on any atom is 0.303 e. The smallest absolute Gasteiger partial charge is 0.303 e. The van der Waals surface area contributed by atoms with E-state index in [2.05, 4.69) is 27.7 Å². The lowest BCUT2D eigenvalue weighted by Gasteiger charge is -1.98. The van der Waals surface area contributed by atoms with Gasteiger partial charge in [0.1, 0.15) is 0 Å². The minimum Gasteiger partial charge on any atom is -0.481 e. The van der Waals surface area contributed by atoms with Crippen LogP contribution in [-0.2, 0) is 4.79 Å². The third-order valence-corrected chi connectivity index (χ3v) is 3.02. The molecule has 0 saturated heterocycles. The Hall–Kier alpha value is -0.790. The molecule has 0 bridgehead atoms. The summed E-state index contributed by atoms with van der Waals surface area (Å²) in [6, 6.07) is 0. The fourth-order valence-electron chi connectivity index (χ4n) is 2.40. The number of allylic oxidation sites excluding steroid dienone is 2. The van der Waals surface area contributed by atoms with Crippen LogP contribution >= 0.6 is 0 Å². The fraction of sp³-hybridized carbons (Fsp3) is 0.727. The summed E-state index contributed by atoms with van der Waals surface area (Å²) in [5.74, 6) is -0.176. The van der Waals surface area contributed by atoms with Gasteiger partial charge in [-0.3, -0.25) is 4.79 Å². The molecule has 1 aliphatic rings. The molecule has 74 valence electrons. The van der Waals surface area contributed by atoms with E-state index >= 15 is 0 Å². The number of hydrogen-bond acceptors (Lipinski definition) is 1. The van der Waals surface area contributed by atoms with Gasteiger partial charge >= 0.3 is 5.97 Å². The molecule has 1 fully saturated rings. The highest BCUT2D eigenvalue weighted by Gasteiger charge is 2.51. The molecule has 0 aliphatic heterocycles. The van der Waals surface area contributed by atoms with Gasteiger partial charge in [0.15, 0.2) is 0 Å². The van der Waals surface area contributed by atoms with E-state index in [4.69, 9.17) is 5.11 Å². The zero-order chi connectivity index (χ0) is 10.2. The van der Waals surface area contributed by atoms with Crippen LogP contribution < -0.4 is 0 Å². The van der Waals surface area contributed by atoms with E-state index in [0.717, 1.165) is 6.42 Å². The molecule has 2 heteroatoms. The van der Waals surface area contributed by atoms with Gasteiger partial charge in [0.05, 0.1) is 0 Å². The predicted octanol–water partition coefficient (Wildman–Crippen LogP) is 2.84. The second-order valence-electron chi connectivity index (χ2n) is 4.62. The van der Waals surface area contributed by atoms with Gasteiger partial charge < -0.3 is 5.11 Å². The normalized spacial score (nSPS) is 24.3. The molecular weight excluding hydrogens is 164 g/mol. The van der Waals surface area contributed by atoms with Gasteiger partial charge in [0.25, 0.3) is 0 Å². The Bertz CT molecular complexity index is 257. The predicted molar refractivity (Wildman–Crippen MR) is 52.5 cm³/mol. The fourth-order valence-corrected chi connectivity index (χ4v) is 2.40. The van der Waals surface area contributed by atoms with Crippen LogP contribution in [0, 0.1) is 11.3 Å². The molecule has 1 saturated carbocycles. The van der Waals surface area contributed by atoms with Crippen molar-refractivity contribution < 1.29 is 9.90 Å². The van der Waals surface area contributed by atoms with Crippen molar-refractivity contribution in [1.29, 1.82) is 0 Å². The van der Waals surface area contributed by atoms with E-state index in [1.165, 1.54) is 11.1 Å². The average molecular weight is 182 g/mol. The zero-order valence-corrected chi connectivity index (χ0v) is 8.85. The Labute approximate surface area is 79.6 Å². The third-order valence-electron chi connectivity index (χ3n) is 3.02. The zero-order valence-electron chi connectivity index (χ0n) is 8.85. The van der Waals surface area contributed by atoms with Crippen molar-refractivity contribution in [3.8, 4) is 0 Å². The first-order valence-corrected chi connectivity index (χ1v) is 4.77. The highest BCUT2D eigenvalue weighted by Crippen LogP contribution is 2.61. The molecule has 0 amide bonds. The van der Waals surface area contributed by atoms with Gasteiger partial charge in [-0.2, -0.15) is 0 Å². The maximum atomic E-state index is 10.4. The molecule has 1 unspecified atom stereocenters. The topological polar surface area (TPSA) is 37.3 Å². The van der Waals surface area contributed by atoms with E-state index in [-0.39, 0.29) is 5.41 Å². The van der Waals surface area contributed by atoms with Crippen molar-refractivity contribution >= 4 is 5.97 Å². The summed E-state index contributed by atoms with van der Waals surface area (Å²) in [6.45, 7) is 8.61. The molecule has 0 spiro atoms. The minimum absolute atomic E-state index is 0.258. The highest BCUT2D eigenvalue weighted by molar-refractivity contribution is 5.67. The summed E-state index contributed by atoms with van der Waals surface area (Å²) in [5.41, 5.74) is 3.09. The van der Waals surface area contributed by atoms with Gasteiger partial charge in [-0.1, -0.05) is 25.0 Å². The molecule has 13 heavy (non-hydrogen) atoms. The first kappa shape index (κ1) is 10.3. The minimum atomic E-state index is -0.684. The lowest BCUT2D eigenvalue weighted by Crippen LogP contribution is -1.97. The number of rotatable bonds is 3. The van der Waals surface area contributed by atoms with Crippen molar-refractivity contribution in [2.75, 3.05) is 0 Å². The van der Waals surface area contributed by atoms with Crippen LogP contribution in [0.4, 0.5) is 0 Å². The summed E-state index contributed by atoms with van der Waals surface area (Å²) >= 11 is 0. The van der Waals surface area contributed by atoms with E-state index in [0.29, 0.717) is 12.3 Å². The number of aliphatic carboxylic acids is 1. The monoisotopic (exact) mass is 182 g/mol. The third kappa shape index (κ3) is 1.93. The summed E-state index contributed by atoms with van der Waals surface area (Å²) in [4.78, 5) is 10.4. The number of carboxylic acids is 1. The molecule has 0 aromatic rings. The molecule has 0 aromatic heterocycles. The molecule has 1 rings (SSSR count). The quantitative estimate of drug-likeness (QED) is 0.681. The Balaban J connectivity index is 2.57. The second kappa shape index (κ2) is 3.17. The van der Waals surface area contributed by atoms with Gasteiger partial charge in [0.2, 0.25) is 0 Å².